The van der Waals surface area contributed by atoms with Gasteiger partial charge in [0.1, 0.15) is 5.82 Å². The molecule has 2 aliphatic heterocycles. The molecule has 2 aromatic rings. The molecule has 154 valence electrons. The van der Waals surface area contributed by atoms with E-state index in [1.165, 1.54) is 11.1 Å². The van der Waals surface area contributed by atoms with Gasteiger partial charge in [0.25, 0.3) is 0 Å². The predicted molar refractivity (Wildman–Crippen MR) is 110 cm³/mol. The van der Waals surface area contributed by atoms with Crippen LogP contribution in [0.25, 0.3) is 0 Å². The fourth-order valence-electron chi connectivity index (χ4n) is 5.01. The quantitative estimate of drug-likeness (QED) is 0.783. The fraction of sp³-hybridized carbons (Fsp3) is 0.545. The van der Waals surface area contributed by atoms with Crippen molar-refractivity contribution < 1.29 is 8.78 Å². The number of benzene rings is 1. The second kappa shape index (κ2) is 6.90. The summed E-state index contributed by atoms with van der Waals surface area (Å²) in [6, 6.07) is 6.37. The molecule has 0 amide bonds. The third-order valence-corrected chi connectivity index (χ3v) is 6.60. The van der Waals surface area contributed by atoms with Gasteiger partial charge in [-0.1, -0.05) is 6.07 Å². The number of fused-ring (bicyclic) bond motifs is 1. The van der Waals surface area contributed by atoms with Crippen LogP contribution in [-0.2, 0) is 13.1 Å². The molecule has 1 aromatic heterocycles. The first-order valence-electron chi connectivity index (χ1n) is 10.4. The first kappa shape index (κ1) is 18.7. The SMILES string of the molecule is Cc1cnc(Nc2ccc3c(c2)CN(C)C3)nc1N1CC(CC(F)F)(C2CC2)C1. The van der Waals surface area contributed by atoms with E-state index in [4.69, 9.17) is 4.98 Å². The van der Waals surface area contributed by atoms with Gasteiger partial charge in [-0.2, -0.15) is 4.98 Å². The molecule has 7 heteroatoms. The van der Waals surface area contributed by atoms with Gasteiger partial charge in [0.2, 0.25) is 12.4 Å². The van der Waals surface area contributed by atoms with Gasteiger partial charge in [-0.15, -0.1) is 0 Å². The van der Waals surface area contributed by atoms with Crippen LogP contribution in [0.1, 0.15) is 36.0 Å². The Labute approximate surface area is 170 Å². The number of alkyl halides is 2. The van der Waals surface area contributed by atoms with Crippen molar-refractivity contribution in [3.63, 3.8) is 0 Å². The van der Waals surface area contributed by atoms with Crippen molar-refractivity contribution in [1.29, 1.82) is 0 Å². The maximum absolute atomic E-state index is 13.1. The summed E-state index contributed by atoms with van der Waals surface area (Å²) < 4.78 is 26.2. The molecule has 2 fully saturated rings. The van der Waals surface area contributed by atoms with Crippen molar-refractivity contribution in [3.8, 4) is 0 Å². The van der Waals surface area contributed by atoms with Crippen molar-refractivity contribution in [2.45, 2.75) is 45.7 Å². The van der Waals surface area contributed by atoms with Crippen LogP contribution in [0.15, 0.2) is 24.4 Å². The maximum atomic E-state index is 13.1. The fourth-order valence-corrected chi connectivity index (χ4v) is 5.01. The summed E-state index contributed by atoms with van der Waals surface area (Å²) in [5, 5.41) is 3.32. The van der Waals surface area contributed by atoms with E-state index in [1.807, 2.05) is 13.1 Å². The average Bonchev–Trinajstić information content (AvgIpc) is 3.41. The highest BCUT2D eigenvalue weighted by atomic mass is 19.3. The molecular formula is C22H27F2N5. The number of nitrogens with zero attached hydrogens (tertiary/aromatic N) is 4. The zero-order chi connectivity index (χ0) is 20.2. The Morgan fingerprint density at radius 1 is 1.21 bits per heavy atom. The Bertz CT molecular complexity index is 921. The zero-order valence-corrected chi connectivity index (χ0v) is 17.0. The number of hydrogen-bond acceptors (Lipinski definition) is 5. The van der Waals surface area contributed by atoms with E-state index >= 15 is 0 Å². The highest BCUT2D eigenvalue weighted by Gasteiger charge is 2.54. The Balaban J connectivity index is 1.32. The van der Waals surface area contributed by atoms with E-state index in [2.05, 4.69) is 45.3 Å². The van der Waals surface area contributed by atoms with E-state index in [-0.39, 0.29) is 11.8 Å². The number of anilines is 3. The lowest BCUT2D eigenvalue weighted by Gasteiger charge is -2.52. The normalized spacial score (nSPS) is 20.7. The number of hydrogen-bond donors (Lipinski definition) is 1. The summed E-state index contributed by atoms with van der Waals surface area (Å²) in [5.41, 5.74) is 4.41. The number of rotatable bonds is 6. The largest absolute Gasteiger partial charge is 0.355 e. The van der Waals surface area contributed by atoms with Crippen LogP contribution < -0.4 is 10.2 Å². The van der Waals surface area contributed by atoms with Crippen molar-refractivity contribution >= 4 is 17.5 Å². The van der Waals surface area contributed by atoms with E-state index in [1.54, 1.807) is 0 Å². The number of aromatic nitrogens is 2. The van der Waals surface area contributed by atoms with E-state index in [0.29, 0.717) is 25.0 Å². The van der Waals surface area contributed by atoms with Crippen LogP contribution in [0.5, 0.6) is 0 Å². The number of aryl methyl sites for hydroxylation is 1. The zero-order valence-electron chi connectivity index (χ0n) is 17.0. The summed E-state index contributed by atoms with van der Waals surface area (Å²) in [6.07, 6.45) is 1.76. The predicted octanol–water partition coefficient (Wildman–Crippen LogP) is 4.35. The lowest BCUT2D eigenvalue weighted by Crippen LogP contribution is -2.59. The van der Waals surface area contributed by atoms with Gasteiger partial charge in [-0.25, -0.2) is 13.8 Å². The molecular weight excluding hydrogens is 372 g/mol. The standard InChI is InChI=1S/C22H27F2N5/c1-14-9-25-21(26-18-6-3-15-10-28(2)11-16(15)7-18)27-20(14)29-12-22(13-29,8-19(23)24)17-4-5-17/h3,6-7,9,17,19H,4-5,8,10-13H2,1-2H3,(H,25,26,27). The van der Waals surface area contributed by atoms with Crippen molar-refractivity contribution in [1.82, 2.24) is 14.9 Å². The van der Waals surface area contributed by atoms with Crippen LogP contribution in [0, 0.1) is 18.3 Å². The summed E-state index contributed by atoms with van der Waals surface area (Å²) in [4.78, 5) is 13.6. The summed E-state index contributed by atoms with van der Waals surface area (Å²) in [7, 11) is 2.12. The second-order valence-corrected chi connectivity index (χ2v) is 9.07. The molecule has 1 saturated carbocycles. The van der Waals surface area contributed by atoms with Crippen LogP contribution in [0.4, 0.5) is 26.2 Å². The molecule has 1 aromatic carbocycles. The Hall–Kier alpha value is -2.28. The van der Waals surface area contributed by atoms with Gasteiger partial charge >= 0.3 is 0 Å². The minimum Gasteiger partial charge on any atom is -0.355 e. The van der Waals surface area contributed by atoms with Gasteiger partial charge in [0.15, 0.2) is 0 Å². The topological polar surface area (TPSA) is 44.3 Å². The molecule has 0 unspecified atom stereocenters. The molecule has 1 aliphatic carbocycles. The van der Waals surface area contributed by atoms with Crippen molar-refractivity contribution in [3.05, 3.63) is 41.1 Å². The molecule has 0 bridgehead atoms. The average molecular weight is 399 g/mol. The van der Waals surface area contributed by atoms with E-state index in [9.17, 15) is 8.78 Å². The molecule has 0 radical (unpaired) electrons. The lowest BCUT2D eigenvalue weighted by atomic mass is 9.72. The second-order valence-electron chi connectivity index (χ2n) is 9.07. The monoisotopic (exact) mass is 399 g/mol. The van der Waals surface area contributed by atoms with Crippen LogP contribution >= 0.6 is 0 Å². The van der Waals surface area contributed by atoms with Gasteiger partial charge < -0.3 is 10.2 Å². The van der Waals surface area contributed by atoms with E-state index in [0.717, 1.165) is 43.0 Å². The highest BCUT2D eigenvalue weighted by Crippen LogP contribution is 2.54. The molecule has 5 rings (SSSR count). The molecule has 3 heterocycles. The van der Waals surface area contributed by atoms with E-state index < -0.39 is 6.43 Å². The third-order valence-electron chi connectivity index (χ3n) is 6.60. The number of halogens is 2. The van der Waals surface area contributed by atoms with Crippen LogP contribution in [0.3, 0.4) is 0 Å². The summed E-state index contributed by atoms with van der Waals surface area (Å²) in [5.74, 6) is 1.86. The molecule has 5 nitrogen and oxygen atoms in total. The smallest absolute Gasteiger partial charge is 0.239 e. The minimum atomic E-state index is -2.24. The van der Waals surface area contributed by atoms with Crippen LogP contribution in [0.2, 0.25) is 0 Å². The first-order chi connectivity index (χ1) is 13.9. The lowest BCUT2D eigenvalue weighted by molar-refractivity contribution is 0.0395. The molecule has 1 saturated heterocycles. The first-order valence-corrected chi connectivity index (χ1v) is 10.4. The Kier molecular flexibility index (Phi) is 4.46. The van der Waals surface area contributed by atoms with Crippen molar-refractivity contribution in [2.24, 2.45) is 11.3 Å². The molecule has 0 atom stereocenters. The Morgan fingerprint density at radius 3 is 2.69 bits per heavy atom. The summed E-state index contributed by atoms with van der Waals surface area (Å²) in [6.45, 7) is 5.26. The highest BCUT2D eigenvalue weighted by molar-refractivity contribution is 5.59. The third kappa shape index (κ3) is 3.56. The van der Waals surface area contributed by atoms with Crippen LogP contribution in [-0.4, -0.2) is 41.4 Å². The van der Waals surface area contributed by atoms with Gasteiger partial charge in [-0.3, -0.25) is 4.90 Å². The van der Waals surface area contributed by atoms with Crippen molar-refractivity contribution in [2.75, 3.05) is 30.4 Å². The van der Waals surface area contributed by atoms with Gasteiger partial charge in [-0.05, 0) is 56.0 Å². The molecule has 0 spiro atoms. The number of nitrogens with one attached hydrogen (secondary N) is 1. The molecule has 1 N–H and O–H groups in total. The summed E-state index contributed by atoms with van der Waals surface area (Å²) >= 11 is 0. The van der Waals surface area contributed by atoms with Gasteiger partial charge in [0.05, 0.1) is 0 Å². The Morgan fingerprint density at radius 2 is 1.97 bits per heavy atom. The maximum Gasteiger partial charge on any atom is 0.239 e. The van der Waals surface area contributed by atoms with Gasteiger partial charge in [0, 0.05) is 55.5 Å². The molecule has 29 heavy (non-hydrogen) atoms. The minimum absolute atomic E-state index is 0.00692. The molecule has 3 aliphatic rings.